The van der Waals surface area contributed by atoms with Crippen molar-refractivity contribution in [1.82, 2.24) is 0 Å². The molecule has 0 fully saturated rings. The minimum Gasteiger partial charge on any atom is -0.733 e. The summed E-state index contributed by atoms with van der Waals surface area (Å²) in [6.45, 7) is 3.81. The van der Waals surface area contributed by atoms with Gasteiger partial charge in [-0.05, 0) is 12.1 Å². The summed E-state index contributed by atoms with van der Waals surface area (Å²) in [6, 6.07) is 4.44. The van der Waals surface area contributed by atoms with Gasteiger partial charge in [-0.3, -0.25) is 5.21 Å². The van der Waals surface area contributed by atoms with Crippen LogP contribution < -0.4 is 15.7 Å². The number of nitrogens with zero attached hydrogens (tertiary/aromatic N) is 1. The summed E-state index contributed by atoms with van der Waals surface area (Å²) in [6.07, 6.45) is 1.57. The number of rotatable bonds is 4. The minimum atomic E-state index is -0.296. The van der Waals surface area contributed by atoms with Gasteiger partial charge in [0, 0.05) is 6.07 Å². The van der Waals surface area contributed by atoms with E-state index in [1.54, 1.807) is 12.1 Å². The molecule has 0 saturated carbocycles. The van der Waals surface area contributed by atoms with E-state index in [1.165, 1.54) is 12.1 Å². The van der Waals surface area contributed by atoms with Crippen molar-refractivity contribution in [3.8, 4) is 5.75 Å². The predicted molar refractivity (Wildman–Crippen MR) is 54.2 cm³/mol. The molecule has 5 heteroatoms. The highest BCUT2D eigenvalue weighted by molar-refractivity contribution is 5.68. The molecule has 1 aromatic rings. The Morgan fingerprint density at radius 1 is 1.64 bits per heavy atom. The first-order valence-electron chi connectivity index (χ1n) is 3.94. The second kappa shape index (κ2) is 4.50. The molecule has 0 aliphatic carbocycles. The van der Waals surface area contributed by atoms with E-state index >= 15 is 0 Å². The molecule has 0 saturated heterocycles. The topological polar surface area (TPSA) is 81.8 Å². The Hall–Kier alpha value is -1.72. The molecule has 0 radical (unpaired) electrons. The molecule has 5 nitrogen and oxygen atoms in total. The smallest absolute Gasteiger partial charge is 0.122 e. The van der Waals surface area contributed by atoms with Crippen LogP contribution >= 0.6 is 0 Å². The van der Waals surface area contributed by atoms with Gasteiger partial charge in [0.15, 0.2) is 0 Å². The van der Waals surface area contributed by atoms with Crippen molar-refractivity contribution in [1.29, 1.82) is 0 Å². The molecule has 0 aromatic heterocycles. The molecule has 14 heavy (non-hydrogen) atoms. The Morgan fingerprint density at radius 3 is 2.93 bits per heavy atom. The first-order chi connectivity index (χ1) is 6.65. The van der Waals surface area contributed by atoms with Crippen molar-refractivity contribution in [2.24, 2.45) is 0 Å². The van der Waals surface area contributed by atoms with Crippen molar-refractivity contribution in [3.05, 3.63) is 36.1 Å². The van der Waals surface area contributed by atoms with Crippen molar-refractivity contribution < 1.29 is 9.94 Å². The monoisotopic (exact) mass is 195 g/mol. The van der Waals surface area contributed by atoms with Gasteiger partial charge < -0.3 is 20.9 Å². The molecule has 76 valence electrons. The SMILES string of the molecule is C=CCOc1ccc(N)c(N([O-])O)c1. The summed E-state index contributed by atoms with van der Waals surface area (Å²) in [5.41, 5.74) is 5.59. The van der Waals surface area contributed by atoms with Crippen LogP contribution in [0.25, 0.3) is 0 Å². The van der Waals surface area contributed by atoms with Crippen LogP contribution in [0.15, 0.2) is 30.9 Å². The molecule has 0 bridgehead atoms. The highest BCUT2D eigenvalue weighted by Crippen LogP contribution is 2.26. The van der Waals surface area contributed by atoms with E-state index in [-0.39, 0.29) is 16.6 Å². The van der Waals surface area contributed by atoms with Crippen LogP contribution in [0.5, 0.6) is 5.75 Å². The summed E-state index contributed by atoms with van der Waals surface area (Å²) in [4.78, 5) is 0. The van der Waals surface area contributed by atoms with Gasteiger partial charge in [0.05, 0.1) is 11.4 Å². The molecule has 0 heterocycles. The number of nitrogen functional groups attached to an aromatic ring is 1. The highest BCUT2D eigenvalue weighted by Gasteiger charge is 2.01. The zero-order valence-corrected chi connectivity index (χ0v) is 7.51. The zero-order chi connectivity index (χ0) is 10.6. The second-order valence-electron chi connectivity index (χ2n) is 2.59. The van der Waals surface area contributed by atoms with Crippen molar-refractivity contribution in [3.63, 3.8) is 0 Å². The van der Waals surface area contributed by atoms with Crippen LogP contribution in [0.4, 0.5) is 11.4 Å². The Bertz CT molecular complexity index is 326. The number of hydrogen-bond donors (Lipinski definition) is 2. The maximum absolute atomic E-state index is 10.6. The van der Waals surface area contributed by atoms with Crippen LogP contribution in [0.3, 0.4) is 0 Å². The maximum atomic E-state index is 10.6. The van der Waals surface area contributed by atoms with Gasteiger partial charge in [-0.2, -0.15) is 0 Å². The fraction of sp³-hybridized carbons (Fsp3) is 0.111. The molecule has 0 aliphatic heterocycles. The Balaban J connectivity index is 2.88. The molecule has 1 rings (SSSR count). The number of ether oxygens (including phenoxy) is 1. The average molecular weight is 195 g/mol. The Morgan fingerprint density at radius 2 is 2.36 bits per heavy atom. The van der Waals surface area contributed by atoms with Crippen LogP contribution in [-0.2, 0) is 0 Å². The van der Waals surface area contributed by atoms with E-state index < -0.39 is 0 Å². The fourth-order valence-electron chi connectivity index (χ4n) is 0.934. The fourth-order valence-corrected chi connectivity index (χ4v) is 0.934. The molecule has 0 spiro atoms. The predicted octanol–water partition coefficient (Wildman–Crippen LogP) is 1.53. The van der Waals surface area contributed by atoms with Gasteiger partial charge in [0.1, 0.15) is 12.4 Å². The summed E-state index contributed by atoms with van der Waals surface area (Å²) in [5, 5.41) is 19.0. The Labute approximate surface area is 81.5 Å². The lowest BCUT2D eigenvalue weighted by atomic mass is 10.2. The van der Waals surface area contributed by atoms with Gasteiger partial charge in [0.25, 0.3) is 0 Å². The number of hydrogen-bond acceptors (Lipinski definition) is 5. The average Bonchev–Trinajstić information content (AvgIpc) is 2.16. The van der Waals surface area contributed by atoms with E-state index in [1.807, 2.05) is 0 Å². The van der Waals surface area contributed by atoms with Crippen LogP contribution in [-0.4, -0.2) is 11.8 Å². The van der Waals surface area contributed by atoms with Gasteiger partial charge >= 0.3 is 0 Å². The molecule has 0 amide bonds. The normalized spacial score (nSPS) is 9.57. The minimum absolute atomic E-state index is 0.0356. The lowest BCUT2D eigenvalue weighted by Gasteiger charge is -2.23. The van der Waals surface area contributed by atoms with Crippen molar-refractivity contribution in [2.75, 3.05) is 17.6 Å². The quantitative estimate of drug-likeness (QED) is 0.432. The third-order valence-corrected chi connectivity index (χ3v) is 1.58. The first kappa shape index (κ1) is 10.4. The van der Waals surface area contributed by atoms with Crippen molar-refractivity contribution in [2.45, 2.75) is 0 Å². The lowest BCUT2D eigenvalue weighted by Crippen LogP contribution is -2.09. The first-order valence-corrected chi connectivity index (χ1v) is 3.94. The summed E-state index contributed by atoms with van der Waals surface area (Å²) in [7, 11) is 0. The van der Waals surface area contributed by atoms with E-state index in [2.05, 4.69) is 6.58 Å². The highest BCUT2D eigenvalue weighted by atomic mass is 16.8. The number of nitrogens with two attached hydrogens (primary N) is 1. The van der Waals surface area contributed by atoms with Gasteiger partial charge in [0.2, 0.25) is 0 Å². The number of benzene rings is 1. The third-order valence-electron chi connectivity index (χ3n) is 1.58. The van der Waals surface area contributed by atoms with Gasteiger partial charge in [-0.25, -0.2) is 0 Å². The molecular weight excluding hydrogens is 184 g/mol. The molecular formula is C9H11N2O3-. The molecule has 1 aromatic carbocycles. The van der Waals surface area contributed by atoms with E-state index in [0.29, 0.717) is 12.4 Å². The van der Waals surface area contributed by atoms with Gasteiger partial charge in [-0.15, -0.1) is 0 Å². The molecule has 0 atom stereocenters. The summed E-state index contributed by atoms with van der Waals surface area (Å²) < 4.78 is 5.15. The van der Waals surface area contributed by atoms with E-state index in [0.717, 1.165) is 0 Å². The summed E-state index contributed by atoms with van der Waals surface area (Å²) in [5.74, 6) is 0.448. The number of anilines is 2. The van der Waals surface area contributed by atoms with Crippen molar-refractivity contribution >= 4 is 11.4 Å². The third kappa shape index (κ3) is 2.38. The lowest BCUT2D eigenvalue weighted by molar-refractivity contribution is 0.296. The maximum Gasteiger partial charge on any atom is 0.122 e. The van der Waals surface area contributed by atoms with Crippen LogP contribution in [0, 0.1) is 5.21 Å². The van der Waals surface area contributed by atoms with Crippen LogP contribution in [0.2, 0.25) is 0 Å². The van der Waals surface area contributed by atoms with E-state index in [9.17, 15) is 5.21 Å². The van der Waals surface area contributed by atoms with Crippen LogP contribution in [0.1, 0.15) is 0 Å². The largest absolute Gasteiger partial charge is 0.733 e. The summed E-state index contributed by atoms with van der Waals surface area (Å²) >= 11 is 0. The molecule has 0 unspecified atom stereocenters. The standard InChI is InChI=1S/C9H11N2O3/c1-2-5-14-7-3-4-8(10)9(6-7)11(12)13/h2-4,6,12H,1,5,10H2/q-1. The Kier molecular flexibility index (Phi) is 3.33. The second-order valence-corrected chi connectivity index (χ2v) is 2.59. The van der Waals surface area contributed by atoms with E-state index in [4.69, 9.17) is 15.7 Å². The molecule has 0 aliphatic rings. The molecule has 3 N–H and O–H groups in total. The van der Waals surface area contributed by atoms with Gasteiger partial charge in [-0.1, -0.05) is 12.7 Å². The zero-order valence-electron chi connectivity index (χ0n) is 7.51.